The van der Waals surface area contributed by atoms with Crippen molar-refractivity contribution in [3.05, 3.63) is 119 Å². The van der Waals surface area contributed by atoms with Crippen molar-refractivity contribution >= 4 is 11.7 Å². The van der Waals surface area contributed by atoms with Crippen LogP contribution in [0.15, 0.2) is 91.1 Å². The van der Waals surface area contributed by atoms with Gasteiger partial charge >= 0.3 is 0 Å². The summed E-state index contributed by atoms with van der Waals surface area (Å²) in [7, 11) is 0. The van der Waals surface area contributed by atoms with E-state index in [-0.39, 0.29) is 5.92 Å². The highest BCUT2D eigenvalue weighted by molar-refractivity contribution is 6.00. The second-order valence-corrected chi connectivity index (χ2v) is 8.63. The van der Waals surface area contributed by atoms with E-state index < -0.39 is 0 Å². The van der Waals surface area contributed by atoms with Crippen LogP contribution in [-0.4, -0.2) is 28.8 Å². The van der Waals surface area contributed by atoms with E-state index in [0.29, 0.717) is 24.8 Å². The lowest BCUT2D eigenvalue weighted by Gasteiger charge is -2.25. The Kier molecular flexibility index (Phi) is 8.82. The van der Waals surface area contributed by atoms with Crippen molar-refractivity contribution in [3.8, 4) is 5.75 Å². The predicted molar refractivity (Wildman–Crippen MR) is 147 cm³/mol. The third-order valence-corrected chi connectivity index (χ3v) is 6.18. The molecule has 0 aliphatic heterocycles. The number of hydrogen-bond acceptors (Lipinski definition) is 5. The van der Waals surface area contributed by atoms with Crippen LogP contribution in [0.2, 0.25) is 0 Å². The van der Waals surface area contributed by atoms with Crippen molar-refractivity contribution in [1.82, 2.24) is 9.97 Å². The Morgan fingerprint density at radius 3 is 2.25 bits per heavy atom. The fourth-order valence-corrected chi connectivity index (χ4v) is 4.40. The molecule has 1 aliphatic rings. The average molecular weight is 479 g/mol. The SMILES string of the molecule is CC.N=C1CC(c2ccccc2)Cc2nc(NCCOc3ccc(Cc4ccccc4)cc3)ncc21. The molecule has 0 fully saturated rings. The first-order chi connectivity index (χ1) is 17.7. The summed E-state index contributed by atoms with van der Waals surface area (Å²) < 4.78 is 5.89. The number of aromatic nitrogens is 2. The Morgan fingerprint density at radius 1 is 0.861 bits per heavy atom. The van der Waals surface area contributed by atoms with Gasteiger partial charge in [0.2, 0.25) is 5.95 Å². The molecule has 36 heavy (non-hydrogen) atoms. The molecule has 2 N–H and O–H groups in total. The molecule has 5 nitrogen and oxygen atoms in total. The number of fused-ring (bicyclic) bond motifs is 1. The van der Waals surface area contributed by atoms with Gasteiger partial charge in [0.15, 0.2) is 0 Å². The monoisotopic (exact) mass is 478 g/mol. The lowest BCUT2D eigenvalue weighted by Crippen LogP contribution is -2.22. The molecule has 0 radical (unpaired) electrons. The fraction of sp³-hybridized carbons (Fsp3) is 0.258. The molecule has 0 bridgehead atoms. The van der Waals surface area contributed by atoms with Crippen LogP contribution in [0.25, 0.3) is 0 Å². The minimum absolute atomic E-state index is 0.289. The average Bonchev–Trinajstić information content (AvgIpc) is 2.94. The minimum Gasteiger partial charge on any atom is -0.492 e. The van der Waals surface area contributed by atoms with E-state index in [1.54, 1.807) is 6.20 Å². The van der Waals surface area contributed by atoms with E-state index >= 15 is 0 Å². The molecular formula is C31H34N4O. The minimum atomic E-state index is 0.289. The van der Waals surface area contributed by atoms with Crippen LogP contribution >= 0.6 is 0 Å². The van der Waals surface area contributed by atoms with Crippen molar-refractivity contribution in [2.45, 2.75) is 39.0 Å². The summed E-state index contributed by atoms with van der Waals surface area (Å²) in [5.74, 6) is 1.73. The molecule has 5 heteroatoms. The zero-order valence-corrected chi connectivity index (χ0v) is 21.1. The van der Waals surface area contributed by atoms with Gasteiger partial charge in [-0.15, -0.1) is 0 Å². The van der Waals surface area contributed by atoms with E-state index in [9.17, 15) is 0 Å². The van der Waals surface area contributed by atoms with Gasteiger partial charge in [-0.25, -0.2) is 9.97 Å². The standard InChI is InChI=1S/C29H28N4O.C2H6/c30-27-18-24(23-9-5-2-6-10-23)19-28-26(27)20-32-29(33-28)31-15-16-34-25-13-11-22(12-14-25)17-21-7-3-1-4-8-21;1-2/h1-14,20,24,30H,15-19H2,(H,31,32,33);1-2H3. The number of benzene rings is 3. The first-order valence-corrected chi connectivity index (χ1v) is 12.7. The van der Waals surface area contributed by atoms with Gasteiger partial charge < -0.3 is 15.5 Å². The fourth-order valence-electron chi connectivity index (χ4n) is 4.40. The van der Waals surface area contributed by atoms with Crippen LogP contribution < -0.4 is 10.1 Å². The summed E-state index contributed by atoms with van der Waals surface area (Å²) in [6.07, 6.45) is 4.25. The van der Waals surface area contributed by atoms with Gasteiger partial charge in [-0.3, -0.25) is 0 Å². The summed E-state index contributed by atoms with van der Waals surface area (Å²) in [6, 6.07) is 29.1. The molecule has 4 aromatic rings. The van der Waals surface area contributed by atoms with Crippen LogP contribution in [0.4, 0.5) is 5.95 Å². The summed E-state index contributed by atoms with van der Waals surface area (Å²) in [5, 5.41) is 11.7. The van der Waals surface area contributed by atoms with Crippen molar-refractivity contribution in [2.75, 3.05) is 18.5 Å². The number of anilines is 1. The third-order valence-electron chi connectivity index (χ3n) is 6.18. The van der Waals surface area contributed by atoms with Gasteiger partial charge in [0.05, 0.1) is 12.2 Å². The Balaban J connectivity index is 0.00000148. The molecule has 3 aromatic carbocycles. The zero-order chi connectivity index (χ0) is 25.2. The van der Waals surface area contributed by atoms with E-state index in [4.69, 9.17) is 15.1 Å². The van der Waals surface area contributed by atoms with Gasteiger partial charge in [0, 0.05) is 17.5 Å². The summed E-state index contributed by atoms with van der Waals surface area (Å²) in [4.78, 5) is 9.13. The second-order valence-electron chi connectivity index (χ2n) is 8.63. The summed E-state index contributed by atoms with van der Waals surface area (Å²) in [6.45, 7) is 5.12. The number of rotatable bonds is 8. The Hall–Kier alpha value is -3.99. The van der Waals surface area contributed by atoms with E-state index in [2.05, 4.69) is 71.0 Å². The topological polar surface area (TPSA) is 70.9 Å². The van der Waals surface area contributed by atoms with Gasteiger partial charge in [0.25, 0.3) is 0 Å². The summed E-state index contributed by atoms with van der Waals surface area (Å²) in [5.41, 5.74) is 6.24. The number of nitrogens with one attached hydrogen (secondary N) is 2. The van der Waals surface area contributed by atoms with Crippen LogP contribution in [0.5, 0.6) is 5.75 Å². The zero-order valence-electron chi connectivity index (χ0n) is 21.1. The number of hydrogen-bond donors (Lipinski definition) is 2. The largest absolute Gasteiger partial charge is 0.492 e. The molecule has 1 unspecified atom stereocenters. The third kappa shape index (κ3) is 6.57. The Labute approximate surface area is 214 Å². The number of nitrogens with zero attached hydrogens (tertiary/aromatic N) is 2. The maximum absolute atomic E-state index is 8.44. The van der Waals surface area contributed by atoms with Gasteiger partial charge in [-0.05, 0) is 54.0 Å². The highest BCUT2D eigenvalue weighted by Crippen LogP contribution is 2.31. The van der Waals surface area contributed by atoms with Crippen molar-refractivity contribution in [2.24, 2.45) is 0 Å². The first kappa shape index (κ1) is 25.1. The van der Waals surface area contributed by atoms with Crippen LogP contribution in [0, 0.1) is 5.41 Å². The lowest BCUT2D eigenvalue weighted by molar-refractivity contribution is 0.332. The second kappa shape index (κ2) is 12.6. The molecule has 0 saturated carbocycles. The van der Waals surface area contributed by atoms with Crippen LogP contribution in [0.1, 0.15) is 54.1 Å². The molecular weight excluding hydrogens is 444 g/mol. The molecule has 0 spiro atoms. The molecule has 1 aromatic heterocycles. The predicted octanol–water partition coefficient (Wildman–Crippen LogP) is 6.68. The van der Waals surface area contributed by atoms with Crippen LogP contribution in [-0.2, 0) is 12.8 Å². The molecule has 1 heterocycles. The Morgan fingerprint density at radius 2 is 1.53 bits per heavy atom. The maximum atomic E-state index is 8.44. The van der Waals surface area contributed by atoms with Crippen molar-refractivity contribution in [3.63, 3.8) is 0 Å². The quantitative estimate of drug-likeness (QED) is 0.277. The normalized spacial score (nSPS) is 14.3. The number of ether oxygens (including phenoxy) is 1. The molecule has 1 atom stereocenters. The highest BCUT2D eigenvalue weighted by Gasteiger charge is 2.25. The summed E-state index contributed by atoms with van der Waals surface area (Å²) >= 11 is 0. The van der Waals surface area contributed by atoms with E-state index in [0.717, 1.165) is 36.3 Å². The van der Waals surface area contributed by atoms with Crippen molar-refractivity contribution in [1.29, 1.82) is 5.41 Å². The van der Waals surface area contributed by atoms with Gasteiger partial charge in [-0.2, -0.15) is 0 Å². The Bertz CT molecular complexity index is 1240. The molecule has 184 valence electrons. The maximum Gasteiger partial charge on any atom is 0.223 e. The highest BCUT2D eigenvalue weighted by atomic mass is 16.5. The molecule has 0 amide bonds. The van der Waals surface area contributed by atoms with E-state index in [1.807, 2.05) is 38.1 Å². The first-order valence-electron chi connectivity index (χ1n) is 12.7. The molecule has 0 saturated heterocycles. The van der Waals surface area contributed by atoms with Gasteiger partial charge in [0.1, 0.15) is 12.4 Å². The molecule has 5 rings (SSSR count). The molecule has 1 aliphatic carbocycles. The lowest BCUT2D eigenvalue weighted by atomic mass is 9.82. The van der Waals surface area contributed by atoms with Crippen molar-refractivity contribution < 1.29 is 4.74 Å². The van der Waals surface area contributed by atoms with Crippen LogP contribution in [0.3, 0.4) is 0 Å². The van der Waals surface area contributed by atoms with E-state index in [1.165, 1.54) is 16.7 Å². The van der Waals surface area contributed by atoms with Gasteiger partial charge in [-0.1, -0.05) is 86.6 Å². The smallest absolute Gasteiger partial charge is 0.223 e.